The fraction of sp³-hybridized carbons (Fsp3) is 0.227. The Bertz CT molecular complexity index is 1130. The Morgan fingerprint density at radius 2 is 1.97 bits per heavy atom. The third-order valence-electron chi connectivity index (χ3n) is 5.34. The molecule has 0 bridgehead atoms. The number of H-pyrrole nitrogens is 1. The van der Waals surface area contributed by atoms with E-state index in [0.29, 0.717) is 23.6 Å². The third kappa shape index (κ3) is 3.46. The van der Waals surface area contributed by atoms with Gasteiger partial charge < -0.3 is 20.9 Å². The van der Waals surface area contributed by atoms with Gasteiger partial charge in [0.25, 0.3) is 0 Å². The van der Waals surface area contributed by atoms with Crippen molar-refractivity contribution in [2.24, 2.45) is 5.92 Å². The first-order valence-electron chi connectivity index (χ1n) is 9.82. The molecule has 3 heterocycles. The minimum atomic E-state index is -1.07. The van der Waals surface area contributed by atoms with Gasteiger partial charge in [0.2, 0.25) is 5.91 Å². The van der Waals surface area contributed by atoms with E-state index in [4.69, 9.17) is 0 Å². The van der Waals surface area contributed by atoms with Crippen LogP contribution in [0.25, 0.3) is 11.3 Å². The summed E-state index contributed by atoms with van der Waals surface area (Å²) in [6, 6.07) is 13.1. The number of hydrogen-bond acceptors (Lipinski definition) is 5. The fourth-order valence-corrected chi connectivity index (χ4v) is 3.70. The molecule has 2 aliphatic rings. The van der Waals surface area contributed by atoms with E-state index >= 15 is 0 Å². The van der Waals surface area contributed by atoms with Crippen molar-refractivity contribution in [1.29, 1.82) is 0 Å². The van der Waals surface area contributed by atoms with Gasteiger partial charge in [-0.3, -0.25) is 9.59 Å². The predicted octanol–water partition coefficient (Wildman–Crippen LogP) is 3.40. The number of fused-ring (bicyclic) bond motifs is 1. The first-order valence-corrected chi connectivity index (χ1v) is 9.82. The number of carbonyl (C=O) groups excluding carboxylic acids is 2. The highest BCUT2D eigenvalue weighted by Crippen LogP contribution is 2.38. The van der Waals surface area contributed by atoms with Gasteiger partial charge in [-0.15, -0.1) is 0 Å². The van der Waals surface area contributed by atoms with Crippen LogP contribution in [0.15, 0.2) is 48.7 Å². The number of halogens is 1. The third-order valence-corrected chi connectivity index (χ3v) is 5.34. The Morgan fingerprint density at radius 1 is 1.17 bits per heavy atom. The van der Waals surface area contributed by atoms with E-state index in [9.17, 15) is 14.0 Å². The number of ketones is 1. The van der Waals surface area contributed by atoms with Crippen LogP contribution in [0.1, 0.15) is 22.5 Å². The quantitative estimate of drug-likeness (QED) is 0.522. The molecule has 0 unspecified atom stereocenters. The van der Waals surface area contributed by atoms with Crippen LogP contribution in [-0.2, 0) is 11.3 Å². The maximum atomic E-state index is 13.2. The molecule has 5 rings (SSSR count). The van der Waals surface area contributed by atoms with E-state index < -0.39 is 12.1 Å². The van der Waals surface area contributed by atoms with Crippen LogP contribution < -0.4 is 16.0 Å². The predicted molar refractivity (Wildman–Crippen MR) is 111 cm³/mol. The molecule has 1 fully saturated rings. The van der Waals surface area contributed by atoms with E-state index in [-0.39, 0.29) is 24.7 Å². The lowest BCUT2D eigenvalue weighted by molar-refractivity contribution is -0.117. The van der Waals surface area contributed by atoms with Crippen molar-refractivity contribution < 1.29 is 14.0 Å². The number of carbonyl (C=O) groups is 2. The minimum absolute atomic E-state index is 0.00230. The molecule has 4 N–H and O–H groups in total. The average Bonchev–Trinajstić information content (AvgIpc) is 3.37. The average molecular weight is 405 g/mol. The molecule has 1 aliphatic carbocycles. The molecule has 30 heavy (non-hydrogen) atoms. The molecule has 8 heteroatoms. The molecule has 2 atom stereocenters. The lowest BCUT2D eigenvalue weighted by Gasteiger charge is -2.14. The summed E-state index contributed by atoms with van der Waals surface area (Å²) < 4.78 is 13.2. The van der Waals surface area contributed by atoms with Crippen LogP contribution >= 0.6 is 0 Å². The van der Waals surface area contributed by atoms with E-state index in [2.05, 4.69) is 25.9 Å². The molecule has 1 saturated carbocycles. The highest BCUT2D eigenvalue weighted by atomic mass is 19.1. The smallest absolute Gasteiger partial charge is 0.231 e. The van der Waals surface area contributed by atoms with Gasteiger partial charge in [0.1, 0.15) is 12.0 Å². The number of alkyl halides is 1. The van der Waals surface area contributed by atoms with E-state index in [1.165, 1.54) is 0 Å². The van der Waals surface area contributed by atoms with Crippen molar-refractivity contribution in [3.63, 3.8) is 0 Å². The van der Waals surface area contributed by atoms with Crippen molar-refractivity contribution in [2.75, 3.05) is 17.2 Å². The number of aromatic amines is 1. The number of hydrogen-bond donors (Lipinski definition) is 4. The number of anilines is 3. The van der Waals surface area contributed by atoms with Crippen LogP contribution in [0.5, 0.6) is 0 Å². The molecule has 1 aromatic carbocycles. The zero-order valence-corrected chi connectivity index (χ0v) is 16.0. The van der Waals surface area contributed by atoms with Crippen molar-refractivity contribution >= 4 is 28.9 Å². The SMILES string of the molecule is O=C1CNCc2[nH]c(-c3ccnc(NC(=O)[C@@H]4C[C@@H]4F)c3)c(Nc3ccccc3)c21. The Morgan fingerprint density at radius 3 is 2.73 bits per heavy atom. The maximum Gasteiger partial charge on any atom is 0.231 e. The van der Waals surface area contributed by atoms with Gasteiger partial charge in [-0.1, -0.05) is 18.2 Å². The van der Waals surface area contributed by atoms with Crippen molar-refractivity contribution in [1.82, 2.24) is 15.3 Å². The van der Waals surface area contributed by atoms with E-state index in [1.807, 2.05) is 30.3 Å². The summed E-state index contributed by atoms with van der Waals surface area (Å²) in [6.45, 7) is 0.829. The molecular weight excluding hydrogens is 385 g/mol. The molecule has 2 aromatic heterocycles. The Balaban J connectivity index is 1.53. The number of pyridine rings is 1. The number of aromatic nitrogens is 2. The highest BCUT2D eigenvalue weighted by Gasteiger charge is 2.43. The van der Waals surface area contributed by atoms with Crippen molar-refractivity contribution in [2.45, 2.75) is 19.1 Å². The topological polar surface area (TPSA) is 98.9 Å². The zero-order valence-electron chi connectivity index (χ0n) is 16.0. The molecule has 0 radical (unpaired) electrons. The first-order chi connectivity index (χ1) is 14.6. The standard InChI is InChI=1S/C22H20FN5O2/c23-15-9-14(15)22(30)28-18-8-12(6-7-25-18)20-21(26-13-4-2-1-3-5-13)19-16(27-20)10-24-11-17(19)29/h1-8,14-15,24,26-27H,9-11H2,(H,25,28,30)/t14-,15+/m1/s1. The van der Waals surface area contributed by atoms with Gasteiger partial charge >= 0.3 is 0 Å². The van der Waals surface area contributed by atoms with Crippen LogP contribution in [0.4, 0.5) is 21.6 Å². The lowest BCUT2D eigenvalue weighted by Crippen LogP contribution is -2.29. The second-order valence-electron chi connectivity index (χ2n) is 7.52. The maximum absolute atomic E-state index is 13.2. The Hall–Kier alpha value is -3.52. The van der Waals surface area contributed by atoms with Gasteiger partial charge in [0, 0.05) is 29.7 Å². The zero-order chi connectivity index (χ0) is 20.7. The van der Waals surface area contributed by atoms with Crippen LogP contribution in [0, 0.1) is 5.92 Å². The van der Waals surface area contributed by atoms with Gasteiger partial charge in [0.15, 0.2) is 5.78 Å². The number of amides is 1. The molecule has 1 amide bonds. The van der Waals surface area contributed by atoms with Gasteiger partial charge in [0.05, 0.1) is 29.4 Å². The molecule has 0 saturated heterocycles. The summed E-state index contributed by atoms with van der Waals surface area (Å²) in [5.74, 6) is -0.603. The van der Waals surface area contributed by atoms with E-state index in [0.717, 1.165) is 22.6 Å². The van der Waals surface area contributed by atoms with Gasteiger partial charge in [-0.25, -0.2) is 9.37 Å². The minimum Gasteiger partial charge on any atom is -0.355 e. The lowest BCUT2D eigenvalue weighted by atomic mass is 10.0. The summed E-state index contributed by atoms with van der Waals surface area (Å²) >= 11 is 0. The van der Waals surface area contributed by atoms with Crippen LogP contribution in [0.2, 0.25) is 0 Å². The number of benzene rings is 1. The van der Waals surface area contributed by atoms with Crippen LogP contribution in [0.3, 0.4) is 0 Å². The fourth-order valence-electron chi connectivity index (χ4n) is 3.70. The van der Waals surface area contributed by atoms with Crippen molar-refractivity contribution in [3.8, 4) is 11.3 Å². The molecule has 152 valence electrons. The summed E-state index contributed by atoms with van der Waals surface area (Å²) in [7, 11) is 0. The summed E-state index contributed by atoms with van der Waals surface area (Å²) in [5.41, 5.74) is 4.48. The number of Topliss-reactive ketones (excluding diaryl/α,β-unsaturated/α-hetero) is 1. The summed E-state index contributed by atoms with van der Waals surface area (Å²) in [4.78, 5) is 32.2. The Labute approximate surface area is 172 Å². The monoisotopic (exact) mass is 405 g/mol. The molecule has 7 nitrogen and oxygen atoms in total. The number of nitrogens with zero attached hydrogens (tertiary/aromatic N) is 1. The van der Waals surface area contributed by atoms with Gasteiger partial charge in [-0.05, 0) is 30.7 Å². The van der Waals surface area contributed by atoms with E-state index in [1.54, 1.807) is 18.3 Å². The second kappa shape index (κ2) is 7.38. The second-order valence-corrected chi connectivity index (χ2v) is 7.52. The number of nitrogens with one attached hydrogen (secondary N) is 4. The number of para-hydroxylation sites is 1. The van der Waals surface area contributed by atoms with Gasteiger partial charge in [-0.2, -0.15) is 0 Å². The normalized spacial score (nSPS) is 19.8. The first kappa shape index (κ1) is 18.5. The molecule has 3 aromatic rings. The highest BCUT2D eigenvalue weighted by molar-refractivity contribution is 6.08. The molecule has 1 aliphatic heterocycles. The van der Waals surface area contributed by atoms with Crippen molar-refractivity contribution in [3.05, 3.63) is 59.9 Å². The summed E-state index contributed by atoms with van der Waals surface area (Å²) in [5, 5.41) is 9.14. The molecule has 0 spiro atoms. The summed E-state index contributed by atoms with van der Waals surface area (Å²) in [6.07, 6.45) is 0.773. The molecular formula is C22H20FN5O2. The largest absolute Gasteiger partial charge is 0.355 e. The Kier molecular flexibility index (Phi) is 4.55. The number of rotatable bonds is 5. The van der Waals surface area contributed by atoms with Crippen LogP contribution in [-0.4, -0.2) is 34.4 Å².